The van der Waals surface area contributed by atoms with Gasteiger partial charge in [-0.25, -0.2) is 4.79 Å². The van der Waals surface area contributed by atoms with E-state index in [1.807, 2.05) is 32.0 Å². The van der Waals surface area contributed by atoms with Gasteiger partial charge in [0.25, 0.3) is 0 Å². The molecule has 1 aromatic rings. The normalized spacial score (nSPS) is 16.7. The van der Waals surface area contributed by atoms with E-state index in [2.05, 4.69) is 27.2 Å². The number of nitrogens with one attached hydrogen (secondary N) is 1. The zero-order valence-electron chi connectivity index (χ0n) is 15.1. The Hall–Kier alpha value is -2.08. The van der Waals surface area contributed by atoms with Crippen LogP contribution in [-0.4, -0.2) is 60.6 Å². The third kappa shape index (κ3) is 6.38. The Morgan fingerprint density at radius 1 is 1.12 bits per heavy atom. The molecule has 25 heavy (non-hydrogen) atoms. The second-order valence-corrected chi connectivity index (χ2v) is 7.00. The van der Waals surface area contributed by atoms with Gasteiger partial charge in [0.1, 0.15) is 6.04 Å². The van der Waals surface area contributed by atoms with Crippen molar-refractivity contribution in [1.29, 1.82) is 0 Å². The van der Waals surface area contributed by atoms with Crippen molar-refractivity contribution in [2.75, 3.05) is 37.6 Å². The summed E-state index contributed by atoms with van der Waals surface area (Å²) in [6.07, 6.45) is 0.796. The van der Waals surface area contributed by atoms with Crippen LogP contribution in [0.25, 0.3) is 0 Å². The fraction of sp³-hybridized carbons (Fsp3) is 0.579. The lowest BCUT2D eigenvalue weighted by atomic mass is 10.0. The van der Waals surface area contributed by atoms with Gasteiger partial charge in [-0.05, 0) is 24.5 Å². The van der Waals surface area contributed by atoms with Crippen LogP contribution in [0.15, 0.2) is 30.3 Å². The number of hydrogen-bond donors (Lipinski definition) is 2. The number of carboxylic acids is 1. The molecule has 0 aliphatic carbocycles. The highest BCUT2D eigenvalue weighted by molar-refractivity contribution is 5.83. The van der Waals surface area contributed by atoms with Crippen LogP contribution in [0.3, 0.4) is 0 Å². The van der Waals surface area contributed by atoms with E-state index < -0.39 is 12.0 Å². The topological polar surface area (TPSA) is 72.9 Å². The summed E-state index contributed by atoms with van der Waals surface area (Å²) in [4.78, 5) is 27.9. The summed E-state index contributed by atoms with van der Waals surface area (Å²) in [6, 6.07) is 9.54. The molecule has 1 amide bonds. The monoisotopic (exact) mass is 347 g/mol. The molecule has 6 heteroatoms. The molecule has 0 spiro atoms. The van der Waals surface area contributed by atoms with Crippen molar-refractivity contribution in [1.82, 2.24) is 10.2 Å². The predicted octanol–water partition coefficient (Wildman–Crippen LogP) is 1.81. The largest absolute Gasteiger partial charge is 0.480 e. The first-order valence-electron chi connectivity index (χ1n) is 9.00. The van der Waals surface area contributed by atoms with E-state index in [4.69, 9.17) is 0 Å². The van der Waals surface area contributed by atoms with Gasteiger partial charge >= 0.3 is 5.97 Å². The number of carbonyl (C=O) groups is 2. The minimum Gasteiger partial charge on any atom is -0.480 e. The van der Waals surface area contributed by atoms with Gasteiger partial charge in [0, 0.05) is 44.8 Å². The second kappa shape index (κ2) is 9.42. The van der Waals surface area contributed by atoms with Crippen molar-refractivity contribution in [2.24, 2.45) is 5.92 Å². The highest BCUT2D eigenvalue weighted by Crippen LogP contribution is 2.15. The third-order valence-corrected chi connectivity index (χ3v) is 4.49. The lowest BCUT2D eigenvalue weighted by Gasteiger charge is -2.36. The van der Waals surface area contributed by atoms with Crippen LogP contribution in [0, 0.1) is 5.92 Å². The maximum Gasteiger partial charge on any atom is 0.326 e. The molecule has 0 aromatic heterocycles. The molecule has 1 aromatic carbocycles. The third-order valence-electron chi connectivity index (χ3n) is 4.49. The van der Waals surface area contributed by atoms with E-state index in [1.54, 1.807) is 0 Å². The van der Waals surface area contributed by atoms with Crippen LogP contribution in [-0.2, 0) is 9.59 Å². The van der Waals surface area contributed by atoms with Gasteiger partial charge < -0.3 is 15.3 Å². The molecule has 1 unspecified atom stereocenters. The molecule has 1 fully saturated rings. The minimum absolute atomic E-state index is 0.182. The number of aliphatic carboxylic acids is 1. The first-order valence-corrected chi connectivity index (χ1v) is 9.00. The second-order valence-electron chi connectivity index (χ2n) is 7.00. The highest BCUT2D eigenvalue weighted by Gasteiger charge is 2.22. The first-order chi connectivity index (χ1) is 12.0. The maximum absolute atomic E-state index is 12.1. The average molecular weight is 347 g/mol. The summed E-state index contributed by atoms with van der Waals surface area (Å²) >= 11 is 0. The summed E-state index contributed by atoms with van der Waals surface area (Å²) in [5.74, 6) is -0.912. The number of amides is 1. The molecule has 0 saturated carbocycles. The highest BCUT2D eigenvalue weighted by atomic mass is 16.4. The van der Waals surface area contributed by atoms with Gasteiger partial charge in [-0.2, -0.15) is 0 Å². The fourth-order valence-electron chi connectivity index (χ4n) is 3.09. The predicted molar refractivity (Wildman–Crippen MR) is 98.7 cm³/mol. The smallest absolute Gasteiger partial charge is 0.326 e. The Labute approximate surface area is 149 Å². The molecule has 1 aliphatic heterocycles. The molecule has 1 aliphatic rings. The van der Waals surface area contributed by atoms with Gasteiger partial charge in [0.2, 0.25) is 5.91 Å². The van der Waals surface area contributed by atoms with Gasteiger partial charge in [0.15, 0.2) is 0 Å². The molecule has 2 N–H and O–H groups in total. The number of nitrogens with zero attached hydrogens (tertiary/aromatic N) is 2. The summed E-state index contributed by atoms with van der Waals surface area (Å²) in [7, 11) is 0. The Balaban J connectivity index is 1.71. The Bertz CT molecular complexity index is 554. The molecular weight excluding hydrogens is 318 g/mol. The molecule has 1 atom stereocenters. The number of carbonyl (C=O) groups excluding carboxylic acids is 1. The number of hydrogen-bond acceptors (Lipinski definition) is 4. The quantitative estimate of drug-likeness (QED) is 0.750. The molecule has 0 bridgehead atoms. The van der Waals surface area contributed by atoms with Crippen LogP contribution >= 0.6 is 0 Å². The molecule has 2 rings (SSSR count). The van der Waals surface area contributed by atoms with Crippen molar-refractivity contribution >= 4 is 17.6 Å². The van der Waals surface area contributed by atoms with Crippen LogP contribution in [0.4, 0.5) is 5.69 Å². The fourth-order valence-corrected chi connectivity index (χ4v) is 3.09. The Morgan fingerprint density at radius 2 is 1.76 bits per heavy atom. The standard InChI is InChI=1S/C19H29N3O3/c1-15(2)14-17(19(24)25)20-18(23)8-9-21-10-12-22(13-11-21)16-6-4-3-5-7-16/h3-7,15,17H,8-14H2,1-2H3,(H,20,23)(H,24,25). The zero-order valence-corrected chi connectivity index (χ0v) is 15.1. The van der Waals surface area contributed by atoms with Crippen LogP contribution in [0.5, 0.6) is 0 Å². The summed E-state index contributed by atoms with van der Waals surface area (Å²) in [5, 5.41) is 11.8. The Morgan fingerprint density at radius 3 is 2.32 bits per heavy atom. The lowest BCUT2D eigenvalue weighted by Crippen LogP contribution is -2.48. The van der Waals surface area contributed by atoms with Crippen LogP contribution < -0.4 is 10.2 Å². The van der Waals surface area contributed by atoms with Crippen molar-refractivity contribution in [2.45, 2.75) is 32.7 Å². The van der Waals surface area contributed by atoms with Gasteiger partial charge in [0.05, 0.1) is 0 Å². The molecule has 1 saturated heterocycles. The molecular formula is C19H29N3O3. The molecule has 6 nitrogen and oxygen atoms in total. The van der Waals surface area contributed by atoms with Crippen LogP contribution in [0.1, 0.15) is 26.7 Å². The van der Waals surface area contributed by atoms with E-state index in [1.165, 1.54) is 5.69 Å². The van der Waals surface area contributed by atoms with E-state index in [9.17, 15) is 14.7 Å². The number of benzene rings is 1. The average Bonchev–Trinajstić information content (AvgIpc) is 2.60. The van der Waals surface area contributed by atoms with Crippen molar-refractivity contribution in [3.05, 3.63) is 30.3 Å². The number of piperazine rings is 1. The summed E-state index contributed by atoms with van der Waals surface area (Å²) in [6.45, 7) is 8.28. The number of para-hydroxylation sites is 1. The van der Waals surface area contributed by atoms with Crippen molar-refractivity contribution < 1.29 is 14.7 Å². The molecule has 138 valence electrons. The lowest BCUT2D eigenvalue weighted by molar-refractivity contribution is -0.142. The van der Waals surface area contributed by atoms with Gasteiger partial charge in [-0.15, -0.1) is 0 Å². The van der Waals surface area contributed by atoms with Crippen molar-refractivity contribution in [3.8, 4) is 0 Å². The zero-order chi connectivity index (χ0) is 18.2. The SMILES string of the molecule is CC(C)CC(NC(=O)CCN1CCN(c2ccccc2)CC1)C(=O)O. The van der Waals surface area contributed by atoms with Crippen molar-refractivity contribution in [3.63, 3.8) is 0 Å². The summed E-state index contributed by atoms with van der Waals surface area (Å²) in [5.41, 5.74) is 1.23. The number of anilines is 1. The van der Waals surface area contributed by atoms with Gasteiger partial charge in [-0.3, -0.25) is 9.69 Å². The number of rotatable bonds is 8. The van der Waals surface area contributed by atoms with E-state index in [0.717, 1.165) is 26.2 Å². The first kappa shape index (κ1) is 19.2. The minimum atomic E-state index is -0.960. The van der Waals surface area contributed by atoms with E-state index in [-0.39, 0.29) is 11.8 Å². The maximum atomic E-state index is 12.1. The Kier molecular flexibility index (Phi) is 7.25. The van der Waals surface area contributed by atoms with Crippen LogP contribution in [0.2, 0.25) is 0 Å². The van der Waals surface area contributed by atoms with E-state index in [0.29, 0.717) is 19.4 Å². The molecule has 1 heterocycles. The van der Waals surface area contributed by atoms with E-state index >= 15 is 0 Å². The molecule has 0 radical (unpaired) electrons. The number of carboxylic acid groups (broad SMARTS) is 1. The summed E-state index contributed by atoms with van der Waals surface area (Å²) < 4.78 is 0. The van der Waals surface area contributed by atoms with Gasteiger partial charge in [-0.1, -0.05) is 32.0 Å².